The molecule has 1 amide bonds. The predicted molar refractivity (Wildman–Crippen MR) is 106 cm³/mol. The van der Waals surface area contributed by atoms with Crippen molar-refractivity contribution in [2.24, 2.45) is 0 Å². The first-order chi connectivity index (χ1) is 12.5. The van der Waals surface area contributed by atoms with Crippen molar-refractivity contribution in [3.05, 3.63) is 60.3 Å². The summed E-state index contributed by atoms with van der Waals surface area (Å²) in [4.78, 5) is 16.0. The van der Waals surface area contributed by atoms with E-state index in [9.17, 15) is 4.79 Å². The molecule has 26 heavy (non-hydrogen) atoms. The molecule has 5 nitrogen and oxygen atoms in total. The Bertz CT molecular complexity index is 886. The number of ether oxygens (including phenoxy) is 1. The molecule has 0 radical (unpaired) electrons. The molecule has 0 bridgehead atoms. The maximum atomic E-state index is 12.8. The quantitative estimate of drug-likeness (QED) is 0.598. The van der Waals surface area contributed by atoms with Crippen LogP contribution < -0.4 is 15.4 Å². The second-order valence-electron chi connectivity index (χ2n) is 6.73. The summed E-state index contributed by atoms with van der Waals surface area (Å²) < 4.78 is 5.90. The molecule has 3 aromatic rings. The molecule has 0 fully saturated rings. The second kappa shape index (κ2) is 8.06. The SMILES string of the molecule is CC(C)NC(C)COc1ccccc1C(=O)Nc1cccc2[nH]ccc12. The van der Waals surface area contributed by atoms with Crippen LogP contribution in [0.3, 0.4) is 0 Å². The molecular formula is C21H25N3O2. The summed E-state index contributed by atoms with van der Waals surface area (Å²) in [6, 6.07) is 15.6. The first kappa shape index (κ1) is 18.0. The van der Waals surface area contributed by atoms with Crippen LogP contribution in [0.25, 0.3) is 10.9 Å². The monoisotopic (exact) mass is 351 g/mol. The van der Waals surface area contributed by atoms with Gasteiger partial charge >= 0.3 is 0 Å². The molecule has 2 aromatic carbocycles. The van der Waals surface area contributed by atoms with Gasteiger partial charge in [-0.3, -0.25) is 4.79 Å². The third-order valence-corrected chi connectivity index (χ3v) is 4.08. The van der Waals surface area contributed by atoms with Gasteiger partial charge in [0.25, 0.3) is 5.91 Å². The third-order valence-electron chi connectivity index (χ3n) is 4.08. The maximum absolute atomic E-state index is 12.8. The highest BCUT2D eigenvalue weighted by Gasteiger charge is 2.15. The second-order valence-corrected chi connectivity index (χ2v) is 6.73. The number of benzene rings is 2. The lowest BCUT2D eigenvalue weighted by Gasteiger charge is -2.18. The zero-order chi connectivity index (χ0) is 18.5. The highest BCUT2D eigenvalue weighted by molar-refractivity contribution is 6.10. The van der Waals surface area contributed by atoms with Crippen LogP contribution in [-0.4, -0.2) is 29.6 Å². The van der Waals surface area contributed by atoms with Gasteiger partial charge in [0.15, 0.2) is 0 Å². The fourth-order valence-electron chi connectivity index (χ4n) is 3.00. The molecule has 3 rings (SSSR count). The summed E-state index contributed by atoms with van der Waals surface area (Å²) in [5, 5.41) is 7.36. The molecule has 0 aliphatic heterocycles. The van der Waals surface area contributed by atoms with E-state index in [0.717, 1.165) is 16.6 Å². The van der Waals surface area contributed by atoms with Crippen LogP contribution in [0, 0.1) is 0 Å². The van der Waals surface area contributed by atoms with Crippen LogP contribution in [0.4, 0.5) is 5.69 Å². The van der Waals surface area contributed by atoms with Crippen LogP contribution >= 0.6 is 0 Å². The maximum Gasteiger partial charge on any atom is 0.259 e. The number of aromatic nitrogens is 1. The molecule has 1 heterocycles. The van der Waals surface area contributed by atoms with Crippen LogP contribution in [0.2, 0.25) is 0 Å². The Kier molecular flexibility index (Phi) is 5.58. The smallest absolute Gasteiger partial charge is 0.259 e. The van der Waals surface area contributed by atoms with Crippen molar-refractivity contribution < 1.29 is 9.53 Å². The molecule has 0 spiro atoms. The minimum absolute atomic E-state index is 0.182. The predicted octanol–water partition coefficient (Wildman–Crippen LogP) is 4.19. The Labute approximate surface area is 153 Å². The van der Waals surface area contributed by atoms with Gasteiger partial charge in [-0.15, -0.1) is 0 Å². The van der Waals surface area contributed by atoms with E-state index in [1.165, 1.54) is 0 Å². The van der Waals surface area contributed by atoms with E-state index >= 15 is 0 Å². The molecule has 0 saturated carbocycles. The lowest BCUT2D eigenvalue weighted by atomic mass is 10.1. The minimum atomic E-state index is -0.182. The summed E-state index contributed by atoms with van der Waals surface area (Å²) in [6.07, 6.45) is 1.86. The van der Waals surface area contributed by atoms with Gasteiger partial charge in [-0.2, -0.15) is 0 Å². The zero-order valence-corrected chi connectivity index (χ0v) is 15.4. The van der Waals surface area contributed by atoms with Gasteiger partial charge in [0.1, 0.15) is 12.4 Å². The fraction of sp³-hybridized carbons (Fsp3) is 0.286. The van der Waals surface area contributed by atoms with Crippen LogP contribution in [0.5, 0.6) is 5.75 Å². The van der Waals surface area contributed by atoms with E-state index in [2.05, 4.69) is 36.4 Å². The molecule has 0 saturated heterocycles. The Morgan fingerprint density at radius 1 is 1.08 bits per heavy atom. The number of H-pyrrole nitrogens is 1. The largest absolute Gasteiger partial charge is 0.491 e. The summed E-state index contributed by atoms with van der Waals surface area (Å²) in [5.74, 6) is 0.405. The van der Waals surface area contributed by atoms with Crippen molar-refractivity contribution in [3.8, 4) is 5.75 Å². The van der Waals surface area contributed by atoms with Gasteiger partial charge in [-0.25, -0.2) is 0 Å². The number of para-hydroxylation sites is 1. The zero-order valence-electron chi connectivity index (χ0n) is 15.4. The van der Waals surface area contributed by atoms with Crippen molar-refractivity contribution in [1.82, 2.24) is 10.3 Å². The number of anilines is 1. The molecular weight excluding hydrogens is 326 g/mol. The number of carbonyl (C=O) groups is 1. The van der Waals surface area contributed by atoms with E-state index in [1.807, 2.05) is 48.7 Å². The summed E-state index contributed by atoms with van der Waals surface area (Å²) in [6.45, 7) is 6.75. The van der Waals surface area contributed by atoms with Gasteiger partial charge in [0.05, 0.1) is 11.3 Å². The van der Waals surface area contributed by atoms with Gasteiger partial charge in [-0.05, 0) is 37.3 Å². The van der Waals surface area contributed by atoms with Crippen molar-refractivity contribution in [3.63, 3.8) is 0 Å². The average Bonchev–Trinajstić information content (AvgIpc) is 3.09. The topological polar surface area (TPSA) is 66.2 Å². The van der Waals surface area contributed by atoms with E-state index in [1.54, 1.807) is 6.07 Å². The number of rotatable bonds is 7. The Balaban J connectivity index is 1.74. The summed E-state index contributed by atoms with van der Waals surface area (Å²) in [5.41, 5.74) is 2.29. The molecule has 136 valence electrons. The third kappa shape index (κ3) is 4.24. The normalized spacial score (nSPS) is 12.3. The number of amides is 1. The van der Waals surface area contributed by atoms with E-state index in [-0.39, 0.29) is 11.9 Å². The van der Waals surface area contributed by atoms with Crippen molar-refractivity contribution >= 4 is 22.5 Å². The molecule has 3 N–H and O–H groups in total. The standard InChI is InChI=1S/C21H25N3O2/c1-14(2)23-15(3)13-26-20-10-5-4-7-17(20)21(25)24-19-9-6-8-18-16(19)11-12-22-18/h4-12,14-15,22-23H,13H2,1-3H3,(H,24,25). The van der Waals surface area contributed by atoms with Gasteiger partial charge in [0.2, 0.25) is 0 Å². The summed E-state index contributed by atoms with van der Waals surface area (Å²) >= 11 is 0. The highest BCUT2D eigenvalue weighted by Crippen LogP contribution is 2.25. The first-order valence-electron chi connectivity index (χ1n) is 8.90. The molecule has 5 heteroatoms. The van der Waals surface area contributed by atoms with Crippen molar-refractivity contribution in [1.29, 1.82) is 0 Å². The highest BCUT2D eigenvalue weighted by atomic mass is 16.5. The minimum Gasteiger partial charge on any atom is -0.491 e. The lowest BCUT2D eigenvalue weighted by molar-refractivity contribution is 0.102. The van der Waals surface area contributed by atoms with Gasteiger partial charge in [0, 0.05) is 29.2 Å². The molecule has 0 aliphatic rings. The Morgan fingerprint density at radius 3 is 2.69 bits per heavy atom. The van der Waals surface area contributed by atoms with Crippen LogP contribution in [0.15, 0.2) is 54.7 Å². The van der Waals surface area contributed by atoms with Crippen molar-refractivity contribution in [2.45, 2.75) is 32.9 Å². The number of fused-ring (bicyclic) bond motifs is 1. The number of carbonyl (C=O) groups excluding carboxylic acids is 1. The molecule has 0 aliphatic carbocycles. The number of hydrogen-bond acceptors (Lipinski definition) is 3. The van der Waals surface area contributed by atoms with E-state index < -0.39 is 0 Å². The van der Waals surface area contributed by atoms with Crippen molar-refractivity contribution in [2.75, 3.05) is 11.9 Å². The van der Waals surface area contributed by atoms with E-state index in [0.29, 0.717) is 24.0 Å². The van der Waals surface area contributed by atoms with Crippen LogP contribution in [-0.2, 0) is 0 Å². The average molecular weight is 351 g/mol. The number of aromatic amines is 1. The number of hydrogen-bond donors (Lipinski definition) is 3. The molecule has 1 aromatic heterocycles. The van der Waals surface area contributed by atoms with Gasteiger partial charge in [-0.1, -0.05) is 32.0 Å². The van der Waals surface area contributed by atoms with Crippen LogP contribution in [0.1, 0.15) is 31.1 Å². The lowest BCUT2D eigenvalue weighted by Crippen LogP contribution is -2.36. The Morgan fingerprint density at radius 2 is 1.88 bits per heavy atom. The molecule has 1 atom stereocenters. The van der Waals surface area contributed by atoms with E-state index in [4.69, 9.17) is 4.74 Å². The fourth-order valence-corrected chi connectivity index (χ4v) is 3.00. The summed E-state index contributed by atoms with van der Waals surface area (Å²) in [7, 11) is 0. The number of nitrogens with one attached hydrogen (secondary N) is 3. The van der Waals surface area contributed by atoms with Gasteiger partial charge < -0.3 is 20.4 Å². The Hall–Kier alpha value is -2.79. The molecule has 1 unspecified atom stereocenters. The first-order valence-corrected chi connectivity index (χ1v) is 8.90.